The van der Waals surface area contributed by atoms with Gasteiger partial charge in [0.05, 0.1) is 12.0 Å². The van der Waals surface area contributed by atoms with E-state index in [0.717, 1.165) is 15.0 Å². The minimum absolute atomic E-state index is 0.112. The third-order valence-corrected chi connectivity index (χ3v) is 4.41. The van der Waals surface area contributed by atoms with E-state index in [-0.39, 0.29) is 10.7 Å². The van der Waals surface area contributed by atoms with E-state index in [1.807, 2.05) is 30.3 Å². The third kappa shape index (κ3) is 3.29. The van der Waals surface area contributed by atoms with Crippen LogP contribution in [0.4, 0.5) is 0 Å². The highest BCUT2D eigenvalue weighted by molar-refractivity contribution is 7.20. The van der Waals surface area contributed by atoms with Crippen LogP contribution in [0.15, 0.2) is 47.6 Å². The lowest BCUT2D eigenvalue weighted by molar-refractivity contribution is -0.136. The zero-order chi connectivity index (χ0) is 16.3. The summed E-state index contributed by atoms with van der Waals surface area (Å²) in [5.74, 6) is -1.15. The van der Waals surface area contributed by atoms with Gasteiger partial charge in [-0.15, -0.1) is 11.3 Å². The van der Waals surface area contributed by atoms with Crippen LogP contribution >= 0.6 is 22.9 Å². The fraction of sp³-hybridized carbons (Fsp3) is 0.0667. The maximum Gasteiger partial charge on any atom is 0.356 e. The Kier molecular flexibility index (Phi) is 4.85. The Labute approximate surface area is 136 Å². The number of nitrogens with two attached hydrogens (primary N) is 1. The number of thiophene rings is 1. The number of fused-ring (bicyclic) bond motifs is 1. The minimum atomic E-state index is -0.720. The summed E-state index contributed by atoms with van der Waals surface area (Å²) < 4.78 is 5.74. The maximum atomic E-state index is 11.8. The molecule has 5 nitrogen and oxygen atoms in total. The second-order valence-corrected chi connectivity index (χ2v) is 5.81. The first-order chi connectivity index (χ1) is 10.4. The minimum Gasteiger partial charge on any atom is -0.464 e. The molecule has 2 rings (SSSR count). The molecule has 0 spiro atoms. The zero-order valence-electron chi connectivity index (χ0n) is 11.8. The second-order valence-electron chi connectivity index (χ2n) is 4.35. The van der Waals surface area contributed by atoms with Crippen LogP contribution in [-0.2, 0) is 9.53 Å². The summed E-state index contributed by atoms with van der Waals surface area (Å²) in [5, 5.41) is 11.0. The molecule has 2 aromatic rings. The van der Waals surface area contributed by atoms with Crippen molar-refractivity contribution in [2.24, 2.45) is 5.73 Å². The third-order valence-electron chi connectivity index (χ3n) is 2.84. The summed E-state index contributed by atoms with van der Waals surface area (Å²) in [4.78, 5) is 12.6. The highest BCUT2D eigenvalue weighted by Crippen LogP contribution is 2.29. The Morgan fingerprint density at radius 2 is 2.14 bits per heavy atom. The van der Waals surface area contributed by atoms with Gasteiger partial charge in [-0.2, -0.15) is 0 Å². The molecule has 1 aromatic carbocycles. The fourth-order valence-electron chi connectivity index (χ4n) is 1.78. The van der Waals surface area contributed by atoms with Gasteiger partial charge in [-0.1, -0.05) is 36.4 Å². The van der Waals surface area contributed by atoms with Gasteiger partial charge in [0.2, 0.25) is 0 Å². The fourth-order valence-corrected chi connectivity index (χ4v) is 2.89. The summed E-state index contributed by atoms with van der Waals surface area (Å²) in [6.45, 7) is 3.91. The molecule has 0 unspecified atom stereocenters. The Hall–Kier alpha value is -2.31. The molecule has 1 aromatic heterocycles. The van der Waals surface area contributed by atoms with Crippen molar-refractivity contribution in [3.63, 3.8) is 0 Å². The van der Waals surface area contributed by atoms with E-state index in [0.29, 0.717) is 5.70 Å². The smallest absolute Gasteiger partial charge is 0.356 e. The number of benzene rings is 1. The number of methoxy groups -OCH3 is 1. The van der Waals surface area contributed by atoms with Crippen molar-refractivity contribution in [2.75, 3.05) is 7.11 Å². The van der Waals surface area contributed by atoms with Crippen molar-refractivity contribution in [1.29, 1.82) is 5.41 Å². The lowest BCUT2D eigenvalue weighted by Crippen LogP contribution is -2.25. The van der Waals surface area contributed by atoms with E-state index < -0.39 is 11.8 Å². The molecule has 0 aliphatic heterocycles. The van der Waals surface area contributed by atoms with Gasteiger partial charge < -0.3 is 15.8 Å². The molecule has 0 amide bonds. The topological polar surface area (TPSA) is 88.2 Å². The Bertz CT molecular complexity index is 762. The molecular formula is C15H14ClN3O2S. The van der Waals surface area contributed by atoms with Crippen molar-refractivity contribution < 1.29 is 9.53 Å². The molecule has 7 heteroatoms. The van der Waals surface area contributed by atoms with Crippen molar-refractivity contribution >= 4 is 50.5 Å². The number of nitrogens with one attached hydrogen (secondary N) is 2. The first kappa shape index (κ1) is 16.1. The summed E-state index contributed by atoms with van der Waals surface area (Å²) in [6, 6.07) is 9.83. The van der Waals surface area contributed by atoms with E-state index in [4.69, 9.17) is 22.7 Å². The van der Waals surface area contributed by atoms with Gasteiger partial charge >= 0.3 is 5.97 Å². The quantitative estimate of drug-likeness (QED) is 0.339. The monoisotopic (exact) mass is 335 g/mol. The number of ether oxygens (including phenoxy) is 1. The molecule has 0 atom stereocenters. The Balaban J connectivity index is 2.34. The number of rotatable bonds is 5. The van der Waals surface area contributed by atoms with Crippen LogP contribution in [0.5, 0.6) is 0 Å². The van der Waals surface area contributed by atoms with Gasteiger partial charge in [0, 0.05) is 10.4 Å². The van der Waals surface area contributed by atoms with Gasteiger partial charge in [-0.05, 0) is 17.5 Å². The first-order valence-corrected chi connectivity index (χ1v) is 7.41. The number of hydrogen-bond acceptors (Lipinski definition) is 5. The number of hydrogen-bond donors (Lipinski definition) is 3. The van der Waals surface area contributed by atoms with E-state index in [2.05, 4.69) is 16.6 Å². The lowest BCUT2D eigenvalue weighted by Gasteiger charge is -2.12. The molecule has 0 radical (unpaired) electrons. The molecule has 4 N–H and O–H groups in total. The first-order valence-electron chi connectivity index (χ1n) is 6.21. The molecule has 0 aliphatic rings. The van der Waals surface area contributed by atoms with E-state index in [1.165, 1.54) is 18.4 Å². The molecule has 22 heavy (non-hydrogen) atoms. The van der Waals surface area contributed by atoms with E-state index in [1.54, 1.807) is 0 Å². The van der Waals surface area contributed by atoms with Gasteiger partial charge in [0.25, 0.3) is 0 Å². The Morgan fingerprint density at radius 1 is 1.45 bits per heavy atom. The largest absolute Gasteiger partial charge is 0.464 e. The van der Waals surface area contributed by atoms with Crippen LogP contribution in [0, 0.1) is 5.41 Å². The van der Waals surface area contributed by atoms with Gasteiger partial charge in [-0.25, -0.2) is 4.79 Å². The van der Waals surface area contributed by atoms with Gasteiger partial charge in [0.1, 0.15) is 16.6 Å². The summed E-state index contributed by atoms with van der Waals surface area (Å²) in [5.41, 5.74) is 5.68. The number of amidine groups is 1. The predicted molar refractivity (Wildman–Crippen MR) is 90.8 cm³/mol. The highest BCUT2D eigenvalue weighted by Gasteiger charge is 2.18. The van der Waals surface area contributed by atoms with Crippen LogP contribution in [0.2, 0.25) is 0 Å². The average molecular weight is 336 g/mol. The SMILES string of the molecule is C=C(NC(C(=O)OC)=C(Cl)C(=N)N)c1cc2ccccc2s1. The van der Waals surface area contributed by atoms with Crippen molar-refractivity contribution in [2.45, 2.75) is 0 Å². The number of esters is 1. The maximum absolute atomic E-state index is 11.8. The summed E-state index contributed by atoms with van der Waals surface area (Å²) in [7, 11) is 1.22. The Morgan fingerprint density at radius 3 is 2.73 bits per heavy atom. The predicted octanol–water partition coefficient (Wildman–Crippen LogP) is 3.02. The normalized spacial score (nSPS) is 11.7. The summed E-state index contributed by atoms with van der Waals surface area (Å²) in [6.07, 6.45) is 0. The molecule has 1 heterocycles. The molecule has 0 saturated heterocycles. The van der Waals surface area contributed by atoms with Crippen LogP contribution in [0.1, 0.15) is 4.88 Å². The van der Waals surface area contributed by atoms with Crippen LogP contribution in [0.25, 0.3) is 15.8 Å². The van der Waals surface area contributed by atoms with Crippen molar-refractivity contribution in [3.05, 3.63) is 52.5 Å². The zero-order valence-corrected chi connectivity index (χ0v) is 13.3. The molecule has 114 valence electrons. The number of carbonyl (C=O) groups is 1. The average Bonchev–Trinajstić information content (AvgIpc) is 2.95. The van der Waals surface area contributed by atoms with Crippen molar-refractivity contribution in [3.8, 4) is 0 Å². The second kappa shape index (κ2) is 6.64. The molecular weight excluding hydrogens is 322 g/mol. The highest BCUT2D eigenvalue weighted by atomic mass is 35.5. The molecule has 0 fully saturated rings. The lowest BCUT2D eigenvalue weighted by atomic mass is 10.2. The molecule has 0 bridgehead atoms. The van der Waals surface area contributed by atoms with Gasteiger partial charge in [-0.3, -0.25) is 5.41 Å². The number of carbonyl (C=O) groups excluding carboxylic acids is 1. The van der Waals surface area contributed by atoms with Crippen LogP contribution in [0.3, 0.4) is 0 Å². The van der Waals surface area contributed by atoms with E-state index in [9.17, 15) is 4.79 Å². The molecule has 0 saturated carbocycles. The molecule has 0 aliphatic carbocycles. The van der Waals surface area contributed by atoms with Gasteiger partial charge in [0.15, 0.2) is 0 Å². The number of halogens is 1. The van der Waals surface area contributed by atoms with Crippen molar-refractivity contribution in [1.82, 2.24) is 5.32 Å². The van der Waals surface area contributed by atoms with E-state index >= 15 is 0 Å². The van der Waals surface area contributed by atoms with Crippen LogP contribution < -0.4 is 11.1 Å². The standard InChI is InChI=1S/C15H14ClN3O2S/c1-8(11-7-9-5-3-4-6-10(9)22-11)19-13(15(20)21-2)12(16)14(17)18/h3-7,19H,1H2,2H3,(H3,17,18). The van der Waals surface area contributed by atoms with Crippen LogP contribution in [-0.4, -0.2) is 18.9 Å². The summed E-state index contributed by atoms with van der Waals surface area (Å²) >= 11 is 7.42.